The van der Waals surface area contributed by atoms with Crippen LogP contribution < -0.4 is 19.2 Å². The number of hydrazone groups is 1. The number of carbonyl (C=O) groups excluding carboxylic acids is 1. The van der Waals surface area contributed by atoms with Gasteiger partial charge in [-0.05, 0) is 89.8 Å². The zero-order chi connectivity index (χ0) is 26.5. The molecule has 0 aliphatic carbocycles. The Morgan fingerprint density at radius 1 is 1.00 bits per heavy atom. The van der Waals surface area contributed by atoms with Crippen LogP contribution in [-0.4, -0.2) is 41.3 Å². The van der Waals surface area contributed by atoms with Crippen LogP contribution in [0.5, 0.6) is 11.5 Å². The number of nitrogens with zero attached hydrogens (tertiary/aromatic N) is 2. The predicted molar refractivity (Wildman–Crippen MR) is 145 cm³/mol. The molecule has 0 spiro atoms. The minimum absolute atomic E-state index is 0.0952. The lowest BCUT2D eigenvalue weighted by Gasteiger charge is -2.24. The molecule has 3 aromatic rings. The SMILES string of the molecule is COc1cc(/C=N\NC(=O)CN(c2ccc(C)c(C)c2)S(=O)(=O)c2ccc(C)cc2)cc(Br)c1OC. The Balaban J connectivity index is 1.86. The molecule has 0 heterocycles. The van der Waals surface area contributed by atoms with Crippen molar-refractivity contribution in [1.29, 1.82) is 0 Å². The minimum Gasteiger partial charge on any atom is -0.493 e. The number of aryl methyl sites for hydroxylation is 3. The number of hydrogen-bond acceptors (Lipinski definition) is 6. The largest absolute Gasteiger partial charge is 0.493 e. The summed E-state index contributed by atoms with van der Waals surface area (Å²) >= 11 is 3.41. The van der Waals surface area contributed by atoms with Crippen LogP contribution in [0, 0.1) is 20.8 Å². The molecule has 0 saturated carbocycles. The number of sulfonamides is 1. The molecule has 0 atom stereocenters. The van der Waals surface area contributed by atoms with E-state index < -0.39 is 22.5 Å². The van der Waals surface area contributed by atoms with Crippen molar-refractivity contribution in [2.45, 2.75) is 25.7 Å². The highest BCUT2D eigenvalue weighted by atomic mass is 79.9. The van der Waals surface area contributed by atoms with Crippen LogP contribution in [0.25, 0.3) is 0 Å². The average Bonchev–Trinajstić information content (AvgIpc) is 2.84. The predicted octanol–water partition coefficient (Wildman–Crippen LogP) is 4.74. The summed E-state index contributed by atoms with van der Waals surface area (Å²) in [6.45, 7) is 5.25. The van der Waals surface area contributed by atoms with E-state index in [0.29, 0.717) is 27.2 Å². The number of halogens is 1. The highest BCUT2D eigenvalue weighted by Gasteiger charge is 2.27. The number of anilines is 1. The van der Waals surface area contributed by atoms with Crippen LogP contribution in [0.4, 0.5) is 5.69 Å². The number of benzene rings is 3. The van der Waals surface area contributed by atoms with Crippen molar-refractivity contribution in [1.82, 2.24) is 5.43 Å². The quantitative estimate of drug-likeness (QED) is 0.294. The highest BCUT2D eigenvalue weighted by molar-refractivity contribution is 9.10. The summed E-state index contributed by atoms with van der Waals surface area (Å²) in [5.41, 5.74) is 6.30. The van der Waals surface area contributed by atoms with Crippen molar-refractivity contribution in [3.05, 3.63) is 81.3 Å². The third-order valence-corrected chi connectivity index (χ3v) is 7.91. The first kappa shape index (κ1) is 27.2. The van der Waals surface area contributed by atoms with Gasteiger partial charge < -0.3 is 9.47 Å². The van der Waals surface area contributed by atoms with E-state index in [9.17, 15) is 13.2 Å². The first-order chi connectivity index (χ1) is 17.1. The molecular formula is C26H28BrN3O5S. The molecule has 0 aliphatic rings. The van der Waals surface area contributed by atoms with Gasteiger partial charge >= 0.3 is 0 Å². The van der Waals surface area contributed by atoms with E-state index >= 15 is 0 Å². The average molecular weight is 574 g/mol. The summed E-state index contributed by atoms with van der Waals surface area (Å²) in [6, 6.07) is 15.2. The smallest absolute Gasteiger partial charge is 0.264 e. The zero-order valence-electron chi connectivity index (χ0n) is 20.7. The number of ether oxygens (including phenoxy) is 2. The number of methoxy groups -OCH3 is 2. The molecule has 0 saturated heterocycles. The fraction of sp³-hybridized carbons (Fsp3) is 0.231. The lowest BCUT2D eigenvalue weighted by atomic mass is 10.1. The summed E-state index contributed by atoms with van der Waals surface area (Å²) in [6.07, 6.45) is 1.43. The van der Waals surface area contributed by atoms with Gasteiger partial charge in [0.25, 0.3) is 15.9 Å². The third kappa shape index (κ3) is 6.24. The van der Waals surface area contributed by atoms with E-state index in [-0.39, 0.29) is 4.90 Å². The van der Waals surface area contributed by atoms with Crippen molar-refractivity contribution in [3.8, 4) is 11.5 Å². The van der Waals surface area contributed by atoms with Gasteiger partial charge in [-0.25, -0.2) is 13.8 Å². The Labute approximate surface area is 220 Å². The van der Waals surface area contributed by atoms with E-state index in [2.05, 4.69) is 26.5 Å². The van der Waals surface area contributed by atoms with Gasteiger partial charge in [0.2, 0.25) is 0 Å². The molecule has 190 valence electrons. The van der Waals surface area contributed by atoms with E-state index in [4.69, 9.17) is 9.47 Å². The molecule has 1 amide bonds. The van der Waals surface area contributed by atoms with Gasteiger partial charge in [-0.3, -0.25) is 9.10 Å². The number of hydrogen-bond donors (Lipinski definition) is 1. The van der Waals surface area contributed by atoms with Gasteiger partial charge in [0, 0.05) is 0 Å². The molecule has 1 N–H and O–H groups in total. The molecule has 0 fully saturated rings. The molecule has 0 unspecified atom stereocenters. The molecule has 3 aromatic carbocycles. The van der Waals surface area contributed by atoms with Gasteiger partial charge in [-0.15, -0.1) is 0 Å². The maximum absolute atomic E-state index is 13.5. The normalized spacial score (nSPS) is 11.4. The molecule has 3 rings (SSSR count). The van der Waals surface area contributed by atoms with Crippen molar-refractivity contribution >= 4 is 43.8 Å². The summed E-state index contributed by atoms with van der Waals surface area (Å²) in [7, 11) is -0.964. The molecule has 0 bridgehead atoms. The van der Waals surface area contributed by atoms with Crippen LogP contribution >= 0.6 is 15.9 Å². The van der Waals surface area contributed by atoms with Crippen LogP contribution in [0.1, 0.15) is 22.3 Å². The Bertz CT molecular complexity index is 1390. The molecular weight excluding hydrogens is 546 g/mol. The van der Waals surface area contributed by atoms with Gasteiger partial charge in [-0.2, -0.15) is 5.10 Å². The molecule has 0 aliphatic heterocycles. The van der Waals surface area contributed by atoms with E-state index in [1.807, 2.05) is 26.8 Å². The Morgan fingerprint density at radius 3 is 2.31 bits per heavy atom. The van der Waals surface area contributed by atoms with E-state index in [1.54, 1.807) is 36.4 Å². The fourth-order valence-electron chi connectivity index (χ4n) is 3.39. The number of amides is 1. The minimum atomic E-state index is -4.01. The maximum Gasteiger partial charge on any atom is 0.264 e. The number of rotatable bonds is 9. The molecule has 36 heavy (non-hydrogen) atoms. The van der Waals surface area contributed by atoms with Crippen molar-refractivity contribution in [3.63, 3.8) is 0 Å². The maximum atomic E-state index is 13.5. The Morgan fingerprint density at radius 2 is 1.69 bits per heavy atom. The first-order valence-electron chi connectivity index (χ1n) is 11.0. The lowest BCUT2D eigenvalue weighted by Crippen LogP contribution is -2.39. The Kier molecular flexibility index (Phi) is 8.75. The summed E-state index contributed by atoms with van der Waals surface area (Å²) in [5.74, 6) is 0.425. The van der Waals surface area contributed by atoms with Crippen molar-refractivity contribution in [2.75, 3.05) is 25.1 Å². The van der Waals surface area contributed by atoms with Crippen LogP contribution in [-0.2, 0) is 14.8 Å². The van der Waals surface area contributed by atoms with Crippen molar-refractivity contribution < 1.29 is 22.7 Å². The topological polar surface area (TPSA) is 97.3 Å². The van der Waals surface area contributed by atoms with E-state index in [1.165, 1.54) is 32.6 Å². The molecule has 0 radical (unpaired) electrons. The second-order valence-electron chi connectivity index (χ2n) is 8.12. The second kappa shape index (κ2) is 11.6. The first-order valence-corrected chi connectivity index (χ1v) is 13.2. The molecule has 0 aromatic heterocycles. The molecule has 10 heteroatoms. The fourth-order valence-corrected chi connectivity index (χ4v) is 5.42. The van der Waals surface area contributed by atoms with Crippen molar-refractivity contribution in [2.24, 2.45) is 5.10 Å². The zero-order valence-corrected chi connectivity index (χ0v) is 23.1. The number of carbonyl (C=O) groups is 1. The van der Waals surface area contributed by atoms with Gasteiger partial charge in [0.15, 0.2) is 11.5 Å². The number of nitrogens with one attached hydrogen (secondary N) is 1. The standard InChI is InChI=1S/C26H28BrN3O5S/c1-17-6-10-22(11-7-17)36(32,33)30(21-9-8-18(2)19(3)12-21)16-25(31)29-28-15-20-13-23(27)26(35-5)24(14-20)34-4/h6-15H,16H2,1-5H3,(H,29,31)/b28-15-. The van der Waals surface area contributed by atoms with E-state index in [0.717, 1.165) is 21.0 Å². The lowest BCUT2D eigenvalue weighted by molar-refractivity contribution is -0.119. The van der Waals surface area contributed by atoms with Gasteiger partial charge in [0.05, 0.1) is 35.5 Å². The third-order valence-electron chi connectivity index (χ3n) is 5.53. The van der Waals surface area contributed by atoms with Crippen LogP contribution in [0.15, 0.2) is 69.1 Å². The van der Waals surface area contributed by atoms with Crippen LogP contribution in [0.2, 0.25) is 0 Å². The summed E-state index contributed by atoms with van der Waals surface area (Å²) in [5, 5.41) is 4.00. The summed E-state index contributed by atoms with van der Waals surface area (Å²) < 4.78 is 39.4. The van der Waals surface area contributed by atoms with Gasteiger partial charge in [-0.1, -0.05) is 23.8 Å². The molecule has 8 nitrogen and oxygen atoms in total. The monoisotopic (exact) mass is 573 g/mol. The van der Waals surface area contributed by atoms with Gasteiger partial charge in [0.1, 0.15) is 6.54 Å². The van der Waals surface area contributed by atoms with Crippen LogP contribution in [0.3, 0.4) is 0 Å². The highest BCUT2D eigenvalue weighted by Crippen LogP contribution is 2.35. The summed E-state index contributed by atoms with van der Waals surface area (Å²) in [4.78, 5) is 12.9. The second-order valence-corrected chi connectivity index (χ2v) is 10.8. The Hall–Kier alpha value is -3.37.